The first-order chi connectivity index (χ1) is 14.0. The Labute approximate surface area is 176 Å². The van der Waals surface area contributed by atoms with Gasteiger partial charge in [-0.1, -0.05) is 28.1 Å². The molecule has 0 heterocycles. The summed E-state index contributed by atoms with van der Waals surface area (Å²) in [5, 5.41) is 2.57. The average molecular weight is 460 g/mol. The van der Waals surface area contributed by atoms with Crippen LogP contribution < -0.4 is 19.5 Å². The van der Waals surface area contributed by atoms with E-state index in [2.05, 4.69) is 21.2 Å². The average Bonchev–Trinajstić information content (AvgIpc) is 2.74. The molecule has 5 nitrogen and oxygen atoms in total. The molecule has 0 radical (unpaired) electrons. The van der Waals surface area contributed by atoms with Crippen molar-refractivity contribution in [3.8, 4) is 17.2 Å². The lowest BCUT2D eigenvalue weighted by atomic mass is 10.1. The summed E-state index contributed by atoms with van der Waals surface area (Å²) in [6, 6.07) is 16.6. The number of hydrogen-bond donors (Lipinski definition) is 1. The number of nitrogens with one attached hydrogen (secondary N) is 1. The third-order valence-corrected chi connectivity index (χ3v) is 4.67. The quantitative estimate of drug-likeness (QED) is 0.511. The molecule has 0 spiro atoms. The summed E-state index contributed by atoms with van der Waals surface area (Å²) in [4.78, 5) is 12.6. The molecule has 1 amide bonds. The Kier molecular flexibility index (Phi) is 6.72. The van der Waals surface area contributed by atoms with E-state index in [-0.39, 0.29) is 12.3 Å². The van der Waals surface area contributed by atoms with Gasteiger partial charge in [0.25, 0.3) is 5.91 Å². The molecule has 3 rings (SSSR count). The van der Waals surface area contributed by atoms with E-state index in [1.165, 1.54) is 12.1 Å². The number of carbonyl (C=O) groups excluding carboxylic acids is 1. The number of carbonyl (C=O) groups is 1. The molecule has 0 bridgehead atoms. The number of amides is 1. The number of halogens is 2. The molecule has 0 atom stereocenters. The second kappa shape index (κ2) is 9.43. The molecule has 0 fully saturated rings. The number of para-hydroxylation sites is 2. The predicted octanol–water partition coefficient (Wildman–Crippen LogP) is 5.44. The number of methoxy groups -OCH3 is 2. The minimum absolute atomic E-state index is 0.0980. The lowest BCUT2D eigenvalue weighted by Gasteiger charge is -2.14. The zero-order valence-corrected chi connectivity index (χ0v) is 17.5. The molecule has 150 valence electrons. The third-order valence-electron chi connectivity index (χ3n) is 4.17. The Hall–Kier alpha value is -3.06. The normalized spacial score (nSPS) is 10.3. The van der Waals surface area contributed by atoms with Gasteiger partial charge in [0.1, 0.15) is 18.2 Å². The highest BCUT2D eigenvalue weighted by atomic mass is 79.9. The van der Waals surface area contributed by atoms with Crippen LogP contribution in [0.4, 0.5) is 10.1 Å². The fourth-order valence-electron chi connectivity index (χ4n) is 2.71. The highest BCUT2D eigenvalue weighted by Gasteiger charge is 2.14. The van der Waals surface area contributed by atoms with Gasteiger partial charge in [-0.2, -0.15) is 0 Å². The summed E-state index contributed by atoms with van der Waals surface area (Å²) in [5.74, 6) is 0.787. The van der Waals surface area contributed by atoms with Gasteiger partial charge in [-0.25, -0.2) is 4.39 Å². The molecule has 0 aromatic heterocycles. The van der Waals surface area contributed by atoms with Crippen LogP contribution >= 0.6 is 15.9 Å². The second-order valence-corrected chi connectivity index (χ2v) is 6.96. The van der Waals surface area contributed by atoms with Gasteiger partial charge in [0.2, 0.25) is 0 Å². The maximum absolute atomic E-state index is 14.0. The van der Waals surface area contributed by atoms with Crippen molar-refractivity contribution in [3.63, 3.8) is 0 Å². The second-order valence-electron chi connectivity index (χ2n) is 6.04. The highest BCUT2D eigenvalue weighted by molar-refractivity contribution is 9.10. The van der Waals surface area contributed by atoms with Crippen LogP contribution in [0, 0.1) is 5.82 Å². The van der Waals surface area contributed by atoms with Crippen LogP contribution in [0.5, 0.6) is 17.2 Å². The summed E-state index contributed by atoms with van der Waals surface area (Å²) in [5.41, 5.74) is 1.12. The van der Waals surface area contributed by atoms with Gasteiger partial charge < -0.3 is 19.5 Å². The van der Waals surface area contributed by atoms with Crippen LogP contribution in [0.25, 0.3) is 0 Å². The Morgan fingerprint density at radius 3 is 2.38 bits per heavy atom. The number of benzene rings is 3. The summed E-state index contributed by atoms with van der Waals surface area (Å²) >= 11 is 3.19. The van der Waals surface area contributed by atoms with E-state index in [1.54, 1.807) is 50.6 Å². The molecule has 0 aliphatic carbocycles. The van der Waals surface area contributed by atoms with Crippen molar-refractivity contribution in [2.75, 3.05) is 19.5 Å². The lowest BCUT2D eigenvalue weighted by Crippen LogP contribution is -2.14. The molecule has 3 aromatic rings. The van der Waals surface area contributed by atoms with Crippen LogP contribution in [-0.2, 0) is 6.61 Å². The Balaban J connectivity index is 1.79. The summed E-state index contributed by atoms with van der Waals surface area (Å²) in [7, 11) is 3.11. The molecule has 29 heavy (non-hydrogen) atoms. The van der Waals surface area contributed by atoms with Crippen molar-refractivity contribution in [1.29, 1.82) is 0 Å². The van der Waals surface area contributed by atoms with E-state index < -0.39 is 11.7 Å². The van der Waals surface area contributed by atoms with Gasteiger partial charge in [0, 0.05) is 15.6 Å². The van der Waals surface area contributed by atoms with Crippen molar-refractivity contribution in [3.05, 3.63) is 82.1 Å². The third kappa shape index (κ3) is 5.06. The molecule has 1 N–H and O–H groups in total. The number of ether oxygens (including phenoxy) is 3. The summed E-state index contributed by atoms with van der Waals surface area (Å²) in [6.45, 7) is 0.164. The minimum atomic E-state index is -0.527. The van der Waals surface area contributed by atoms with E-state index in [0.717, 1.165) is 0 Å². The van der Waals surface area contributed by atoms with Gasteiger partial charge in [0.15, 0.2) is 11.5 Å². The molecule has 7 heteroatoms. The maximum atomic E-state index is 14.0. The van der Waals surface area contributed by atoms with E-state index >= 15 is 0 Å². The van der Waals surface area contributed by atoms with E-state index in [0.29, 0.717) is 32.8 Å². The zero-order valence-electron chi connectivity index (χ0n) is 15.9. The largest absolute Gasteiger partial charge is 0.496 e. The topological polar surface area (TPSA) is 56.8 Å². The molecule has 0 saturated heterocycles. The van der Waals surface area contributed by atoms with Gasteiger partial charge in [-0.15, -0.1) is 0 Å². The number of hydrogen-bond acceptors (Lipinski definition) is 4. The van der Waals surface area contributed by atoms with E-state index in [4.69, 9.17) is 14.2 Å². The van der Waals surface area contributed by atoms with Gasteiger partial charge in [0.05, 0.1) is 19.9 Å². The molecule has 0 saturated carbocycles. The summed E-state index contributed by atoms with van der Waals surface area (Å²) < 4.78 is 31.1. The monoisotopic (exact) mass is 459 g/mol. The van der Waals surface area contributed by atoms with Crippen LogP contribution in [0.3, 0.4) is 0 Å². The molecule has 0 unspecified atom stereocenters. The molecule has 0 aliphatic heterocycles. The standard InChI is InChI=1S/C22H19BrFNO4/c1-27-19-10-7-14(22(26)25-18-9-8-16(23)12-17(18)24)11-15(19)13-29-21-6-4-3-5-20(21)28-2/h3-12H,13H2,1-2H3,(H,25,26). The van der Waals surface area contributed by atoms with Crippen LogP contribution in [0.1, 0.15) is 15.9 Å². The van der Waals surface area contributed by atoms with Crippen molar-refractivity contribution in [2.24, 2.45) is 0 Å². The SMILES string of the molecule is COc1ccc(C(=O)Nc2ccc(Br)cc2F)cc1COc1ccccc1OC. The first kappa shape index (κ1) is 20.7. The van der Waals surface area contributed by atoms with Crippen LogP contribution in [0.15, 0.2) is 65.1 Å². The van der Waals surface area contributed by atoms with E-state index in [1.807, 2.05) is 12.1 Å². The van der Waals surface area contributed by atoms with Crippen molar-refractivity contribution < 1.29 is 23.4 Å². The van der Waals surface area contributed by atoms with Crippen molar-refractivity contribution in [2.45, 2.75) is 6.61 Å². The zero-order chi connectivity index (χ0) is 20.8. The first-order valence-corrected chi connectivity index (χ1v) is 9.50. The maximum Gasteiger partial charge on any atom is 0.255 e. The first-order valence-electron chi connectivity index (χ1n) is 8.71. The van der Waals surface area contributed by atoms with Crippen LogP contribution in [0.2, 0.25) is 0 Å². The number of anilines is 1. The Morgan fingerprint density at radius 2 is 1.69 bits per heavy atom. The van der Waals surface area contributed by atoms with Gasteiger partial charge in [-0.05, 0) is 48.5 Å². The fraction of sp³-hybridized carbons (Fsp3) is 0.136. The van der Waals surface area contributed by atoms with Crippen LogP contribution in [-0.4, -0.2) is 20.1 Å². The van der Waals surface area contributed by atoms with Gasteiger partial charge in [-0.3, -0.25) is 4.79 Å². The fourth-order valence-corrected chi connectivity index (χ4v) is 3.04. The van der Waals surface area contributed by atoms with Crippen molar-refractivity contribution >= 4 is 27.5 Å². The predicted molar refractivity (Wildman–Crippen MR) is 112 cm³/mol. The summed E-state index contributed by atoms with van der Waals surface area (Å²) in [6.07, 6.45) is 0. The Bertz CT molecular complexity index is 1030. The highest BCUT2D eigenvalue weighted by Crippen LogP contribution is 2.29. The Morgan fingerprint density at radius 1 is 0.966 bits per heavy atom. The molecular weight excluding hydrogens is 441 g/mol. The molecule has 0 aliphatic rings. The van der Waals surface area contributed by atoms with Gasteiger partial charge >= 0.3 is 0 Å². The lowest BCUT2D eigenvalue weighted by molar-refractivity contribution is 0.102. The molecule has 3 aromatic carbocycles. The minimum Gasteiger partial charge on any atom is -0.496 e. The number of rotatable bonds is 7. The smallest absolute Gasteiger partial charge is 0.255 e. The molecular formula is C22H19BrFNO4. The van der Waals surface area contributed by atoms with E-state index in [9.17, 15) is 9.18 Å². The van der Waals surface area contributed by atoms with Crippen molar-refractivity contribution in [1.82, 2.24) is 0 Å².